The minimum absolute atomic E-state index is 0.127. The zero-order chi connectivity index (χ0) is 31.8. The lowest BCUT2D eigenvalue weighted by atomic mass is 10.1. The van der Waals surface area contributed by atoms with Crippen LogP contribution in [0.3, 0.4) is 0 Å². The van der Waals surface area contributed by atoms with E-state index in [0.717, 1.165) is 25.7 Å². The maximum absolute atomic E-state index is 14.2. The number of nitrogens with zero attached hydrogens (tertiary/aromatic N) is 5. The molecule has 1 aliphatic heterocycles. The largest absolute Gasteiger partial charge is 0.491 e. The van der Waals surface area contributed by atoms with Crippen LogP contribution in [0, 0.1) is 17.7 Å². The average Bonchev–Trinajstić information content (AvgIpc) is 4.01. The van der Waals surface area contributed by atoms with E-state index in [4.69, 9.17) is 9.72 Å². The number of nitrogens with one attached hydrogen (secondary N) is 1. The van der Waals surface area contributed by atoms with Crippen LogP contribution in [0.4, 0.5) is 20.6 Å². The number of halogens is 1. The lowest BCUT2D eigenvalue weighted by Crippen LogP contribution is -2.57. The van der Waals surface area contributed by atoms with Crippen LogP contribution in [0.5, 0.6) is 5.75 Å². The van der Waals surface area contributed by atoms with Gasteiger partial charge in [0, 0.05) is 24.7 Å². The fourth-order valence-corrected chi connectivity index (χ4v) is 5.99. The molecule has 3 amide bonds. The molecular formula is C35H37FN6O4. The Bertz CT molecular complexity index is 1810. The van der Waals surface area contributed by atoms with E-state index in [9.17, 15) is 18.8 Å². The highest BCUT2D eigenvalue weighted by molar-refractivity contribution is 6.03. The predicted molar refractivity (Wildman–Crippen MR) is 174 cm³/mol. The van der Waals surface area contributed by atoms with Gasteiger partial charge in [0.15, 0.2) is 5.82 Å². The highest BCUT2D eigenvalue weighted by Gasteiger charge is 2.36. The molecule has 10 nitrogen and oxygen atoms in total. The van der Waals surface area contributed by atoms with Crippen molar-refractivity contribution in [3.05, 3.63) is 94.8 Å². The monoisotopic (exact) mass is 624 g/mol. The summed E-state index contributed by atoms with van der Waals surface area (Å²) < 4.78 is 21.5. The van der Waals surface area contributed by atoms with Crippen LogP contribution in [-0.4, -0.2) is 59.3 Å². The molecule has 0 radical (unpaired) electrons. The Morgan fingerprint density at radius 1 is 0.957 bits per heavy atom. The molecule has 4 aromatic rings. The van der Waals surface area contributed by atoms with Gasteiger partial charge >= 0.3 is 6.03 Å². The van der Waals surface area contributed by atoms with Crippen molar-refractivity contribution in [2.75, 3.05) is 48.0 Å². The van der Waals surface area contributed by atoms with E-state index in [-0.39, 0.29) is 17.4 Å². The maximum atomic E-state index is 14.2. The number of carbonyl (C=O) groups is 2. The Morgan fingerprint density at radius 3 is 2.37 bits per heavy atom. The number of hydrogen-bond acceptors (Lipinski definition) is 6. The van der Waals surface area contributed by atoms with E-state index in [1.807, 2.05) is 47.2 Å². The second kappa shape index (κ2) is 12.5. The SMILES string of the molecule is CC(c1nc2ccccc2c(=O)n1N1CCN(C(=O)C2CC2)CC1)N(C(=O)Nc1ccc(F)cc1)c1ccccc1OCC1CC1. The molecule has 0 bridgehead atoms. The van der Waals surface area contributed by atoms with Gasteiger partial charge in [-0.05, 0) is 87.1 Å². The van der Waals surface area contributed by atoms with Crippen molar-refractivity contribution >= 4 is 34.2 Å². The molecule has 1 N–H and O–H groups in total. The van der Waals surface area contributed by atoms with Gasteiger partial charge in [0.1, 0.15) is 11.6 Å². The molecule has 11 heteroatoms. The van der Waals surface area contributed by atoms with Crippen LogP contribution < -0.4 is 25.5 Å². The minimum atomic E-state index is -0.755. The zero-order valence-corrected chi connectivity index (χ0v) is 25.8. The van der Waals surface area contributed by atoms with E-state index < -0.39 is 17.9 Å². The van der Waals surface area contributed by atoms with Crippen molar-refractivity contribution in [2.24, 2.45) is 11.8 Å². The molecule has 1 atom stereocenters. The normalized spacial score (nSPS) is 17.1. The number of fused-ring (bicyclic) bond motifs is 1. The van der Waals surface area contributed by atoms with Gasteiger partial charge in [-0.15, -0.1) is 0 Å². The number of aromatic nitrogens is 2. The first-order valence-electron chi connectivity index (χ1n) is 16.0. The number of rotatable bonds is 9. The van der Waals surface area contributed by atoms with Crippen molar-refractivity contribution in [3.8, 4) is 5.75 Å². The summed E-state index contributed by atoms with van der Waals surface area (Å²) in [5.41, 5.74) is 1.21. The Balaban J connectivity index is 1.29. The number of hydrogen-bond donors (Lipinski definition) is 1. The third kappa shape index (κ3) is 6.14. The van der Waals surface area contributed by atoms with E-state index in [1.54, 1.807) is 27.8 Å². The first kappa shape index (κ1) is 29.8. The molecule has 46 heavy (non-hydrogen) atoms. The van der Waals surface area contributed by atoms with Crippen LogP contribution in [0.1, 0.15) is 44.5 Å². The number of urea groups is 1. The molecule has 1 unspecified atom stereocenters. The lowest BCUT2D eigenvalue weighted by molar-refractivity contribution is -0.133. The van der Waals surface area contributed by atoms with E-state index in [0.29, 0.717) is 72.6 Å². The molecule has 238 valence electrons. The number of benzene rings is 3. The van der Waals surface area contributed by atoms with Gasteiger partial charge in [-0.25, -0.2) is 18.8 Å². The van der Waals surface area contributed by atoms with Gasteiger partial charge in [-0.2, -0.15) is 0 Å². The molecule has 2 heterocycles. The summed E-state index contributed by atoms with van der Waals surface area (Å²) in [4.78, 5) is 49.6. The van der Waals surface area contributed by atoms with Crippen molar-refractivity contribution in [1.29, 1.82) is 0 Å². The van der Waals surface area contributed by atoms with Crippen molar-refractivity contribution < 1.29 is 18.7 Å². The van der Waals surface area contributed by atoms with Crippen LogP contribution >= 0.6 is 0 Å². The summed E-state index contributed by atoms with van der Waals surface area (Å²) in [7, 11) is 0. The summed E-state index contributed by atoms with van der Waals surface area (Å²) in [6, 6.07) is 18.8. The Labute approximate surface area is 266 Å². The van der Waals surface area contributed by atoms with Gasteiger partial charge in [-0.1, -0.05) is 24.3 Å². The molecule has 3 fully saturated rings. The second-order valence-electron chi connectivity index (χ2n) is 12.4. The van der Waals surface area contributed by atoms with Crippen molar-refractivity contribution in [1.82, 2.24) is 14.6 Å². The van der Waals surface area contributed by atoms with E-state index in [1.165, 1.54) is 24.3 Å². The first-order valence-corrected chi connectivity index (χ1v) is 16.0. The van der Waals surface area contributed by atoms with Crippen molar-refractivity contribution in [3.63, 3.8) is 0 Å². The molecule has 2 saturated carbocycles. The van der Waals surface area contributed by atoms with Crippen LogP contribution in [0.2, 0.25) is 0 Å². The molecule has 7 rings (SSSR count). The van der Waals surface area contributed by atoms with Crippen LogP contribution in [-0.2, 0) is 4.79 Å². The Morgan fingerprint density at radius 2 is 1.65 bits per heavy atom. The van der Waals surface area contributed by atoms with Gasteiger partial charge < -0.3 is 20.0 Å². The third-order valence-electron chi connectivity index (χ3n) is 8.93. The van der Waals surface area contributed by atoms with Crippen molar-refractivity contribution in [2.45, 2.75) is 38.6 Å². The predicted octanol–water partition coefficient (Wildman–Crippen LogP) is 5.31. The number of amides is 3. The standard InChI is InChI=1S/C35H37FN6O4/c1-23(41(35(45)37-27-16-14-26(36)15-17-27)30-8-4-5-9-31(30)46-22-24-10-11-24)32-38-29-7-3-2-6-28(29)34(44)42(32)40-20-18-39(19-21-40)33(43)25-12-13-25/h2-9,14-17,23-25H,10-13,18-22H2,1H3,(H,37,45). The molecule has 1 aromatic heterocycles. The van der Waals surface area contributed by atoms with Gasteiger partial charge in [0.25, 0.3) is 5.56 Å². The summed E-state index contributed by atoms with van der Waals surface area (Å²) in [6.07, 6.45) is 4.10. The number of anilines is 2. The highest BCUT2D eigenvalue weighted by atomic mass is 19.1. The maximum Gasteiger partial charge on any atom is 0.327 e. The van der Waals surface area contributed by atoms with E-state index >= 15 is 0 Å². The Hall–Kier alpha value is -4.93. The molecule has 3 aromatic carbocycles. The number of para-hydroxylation sites is 3. The third-order valence-corrected chi connectivity index (χ3v) is 8.93. The molecular weight excluding hydrogens is 587 g/mol. The fraction of sp³-hybridized carbons (Fsp3) is 0.371. The summed E-state index contributed by atoms with van der Waals surface area (Å²) in [5.74, 6) is 1.30. The smallest absolute Gasteiger partial charge is 0.327 e. The lowest BCUT2D eigenvalue weighted by Gasteiger charge is -2.39. The Kier molecular flexibility index (Phi) is 8.06. The van der Waals surface area contributed by atoms with Crippen LogP contribution in [0.25, 0.3) is 10.9 Å². The summed E-state index contributed by atoms with van der Waals surface area (Å²) in [5, 5.41) is 5.29. The quantitative estimate of drug-likeness (QED) is 0.271. The number of carbonyl (C=O) groups excluding carboxylic acids is 2. The van der Waals surface area contributed by atoms with Gasteiger partial charge in [0.05, 0.1) is 42.3 Å². The van der Waals surface area contributed by atoms with E-state index in [2.05, 4.69) is 5.32 Å². The highest BCUT2D eigenvalue weighted by Crippen LogP contribution is 2.37. The fourth-order valence-electron chi connectivity index (χ4n) is 5.99. The topological polar surface area (TPSA) is 100 Å². The first-order chi connectivity index (χ1) is 22.4. The summed E-state index contributed by atoms with van der Waals surface area (Å²) in [6.45, 7) is 4.26. The summed E-state index contributed by atoms with van der Waals surface area (Å²) >= 11 is 0. The zero-order valence-electron chi connectivity index (χ0n) is 25.8. The molecule has 3 aliphatic rings. The van der Waals surface area contributed by atoms with Gasteiger partial charge in [0.2, 0.25) is 5.91 Å². The molecule has 1 saturated heterocycles. The molecule has 0 spiro atoms. The second-order valence-corrected chi connectivity index (χ2v) is 12.4. The van der Waals surface area contributed by atoms with Gasteiger partial charge in [-0.3, -0.25) is 14.5 Å². The number of ether oxygens (including phenoxy) is 1. The molecule has 2 aliphatic carbocycles. The number of piperazine rings is 1. The minimum Gasteiger partial charge on any atom is -0.491 e. The van der Waals surface area contributed by atoms with Crippen LogP contribution in [0.15, 0.2) is 77.6 Å². The average molecular weight is 625 g/mol.